The number of hydrogen-bond acceptors (Lipinski definition) is 7. The van der Waals surface area contributed by atoms with Crippen LogP contribution in [0.3, 0.4) is 0 Å². The lowest BCUT2D eigenvalue weighted by atomic mass is 9.88. The van der Waals surface area contributed by atoms with Crippen molar-refractivity contribution in [2.24, 2.45) is 13.0 Å². The van der Waals surface area contributed by atoms with Gasteiger partial charge >= 0.3 is 12.2 Å². The summed E-state index contributed by atoms with van der Waals surface area (Å²) in [6, 6.07) is 3.25. The highest BCUT2D eigenvalue weighted by molar-refractivity contribution is 6.02. The molecular weight excluding hydrogens is 575 g/mol. The van der Waals surface area contributed by atoms with Crippen LogP contribution in [-0.4, -0.2) is 116 Å². The minimum absolute atomic E-state index is 0.0624. The number of carbonyl (C=O) groups is 1. The van der Waals surface area contributed by atoms with Crippen molar-refractivity contribution in [2.45, 2.75) is 43.6 Å². The second kappa shape index (κ2) is 12.2. The first-order chi connectivity index (χ1) is 21.0. The van der Waals surface area contributed by atoms with Gasteiger partial charge in [-0.1, -0.05) is 0 Å². The number of benzene rings is 1. The van der Waals surface area contributed by atoms with Gasteiger partial charge in [-0.3, -0.25) is 15.0 Å². The highest BCUT2D eigenvalue weighted by Gasteiger charge is 2.41. The number of ether oxygens (including phenoxy) is 1. The fraction of sp³-hybridized carbons (Fsp3) is 0.633. The predicted molar refractivity (Wildman–Crippen MR) is 162 cm³/mol. The fourth-order valence-electron chi connectivity index (χ4n) is 7.01. The molecule has 11 nitrogen and oxygen atoms in total. The number of rotatable bonds is 5. The van der Waals surface area contributed by atoms with E-state index in [1.165, 1.54) is 16.9 Å². The average molecular weight is 618 g/mol. The first kappa shape index (κ1) is 30.7. The third-order valence-electron chi connectivity index (χ3n) is 9.67. The topological polar surface area (TPSA) is 105 Å². The van der Waals surface area contributed by atoms with Crippen molar-refractivity contribution in [3.63, 3.8) is 0 Å². The molecule has 4 aliphatic rings. The summed E-state index contributed by atoms with van der Waals surface area (Å²) in [7, 11) is 5.12. The highest BCUT2D eigenvalue weighted by atomic mass is 19.4. The van der Waals surface area contributed by atoms with E-state index in [0.29, 0.717) is 55.6 Å². The Hall–Kier alpha value is -3.36. The zero-order chi connectivity index (χ0) is 31.2. The number of alkyl halides is 3. The minimum atomic E-state index is -4.60. The van der Waals surface area contributed by atoms with Gasteiger partial charge in [-0.15, -0.1) is 0 Å². The second-order valence-electron chi connectivity index (χ2n) is 12.4. The van der Waals surface area contributed by atoms with Gasteiger partial charge in [0, 0.05) is 90.2 Å². The average Bonchev–Trinajstić information content (AvgIpc) is 3.42. The van der Waals surface area contributed by atoms with Gasteiger partial charge in [-0.25, -0.2) is 4.79 Å². The van der Waals surface area contributed by atoms with Gasteiger partial charge < -0.3 is 30.1 Å². The maximum Gasteiger partial charge on any atom is 0.417 e. The normalized spacial score (nSPS) is 23.8. The summed E-state index contributed by atoms with van der Waals surface area (Å²) in [6.45, 7) is 5.33. The van der Waals surface area contributed by atoms with E-state index < -0.39 is 11.7 Å². The molecule has 44 heavy (non-hydrogen) atoms. The van der Waals surface area contributed by atoms with E-state index in [-0.39, 0.29) is 35.4 Å². The van der Waals surface area contributed by atoms with E-state index in [9.17, 15) is 23.4 Å². The summed E-state index contributed by atoms with van der Waals surface area (Å²) in [5, 5.41) is 20.1. The van der Waals surface area contributed by atoms with Crippen molar-refractivity contribution in [1.82, 2.24) is 30.2 Å². The molecular formula is C30H42F3N9O2. The third kappa shape index (κ3) is 5.98. The van der Waals surface area contributed by atoms with Crippen LogP contribution in [0.25, 0.3) is 11.1 Å². The number of aromatic nitrogens is 2. The summed E-state index contributed by atoms with van der Waals surface area (Å²) in [5.74, 6) is -0.153. The Bertz CT molecular complexity index is 1370. The number of amides is 2. The Kier molecular flexibility index (Phi) is 8.50. The first-order valence-corrected chi connectivity index (χ1v) is 15.4. The number of urea groups is 1. The van der Waals surface area contributed by atoms with E-state index in [2.05, 4.69) is 20.6 Å². The number of likely N-dealkylation sites (tertiary alicyclic amines) is 2. The van der Waals surface area contributed by atoms with E-state index >= 15 is 0 Å². The molecule has 4 aliphatic heterocycles. The maximum atomic E-state index is 14.5. The molecule has 3 N–H and O–H groups in total. The molecule has 2 unspecified atom stereocenters. The number of likely N-dealkylation sites (N-methyl/N-ethyl adjacent to an activating group) is 1. The second-order valence-corrected chi connectivity index (χ2v) is 12.4. The lowest BCUT2D eigenvalue weighted by Crippen LogP contribution is -2.61. The number of nitrogens with zero attached hydrogens (tertiary/aromatic N) is 6. The van der Waals surface area contributed by atoms with Crippen molar-refractivity contribution in [1.29, 1.82) is 5.41 Å². The van der Waals surface area contributed by atoms with Gasteiger partial charge in [-0.05, 0) is 37.0 Å². The van der Waals surface area contributed by atoms with Gasteiger partial charge in [0.2, 0.25) is 0 Å². The Morgan fingerprint density at radius 1 is 1.05 bits per heavy atom. The fourth-order valence-corrected chi connectivity index (χ4v) is 7.01. The van der Waals surface area contributed by atoms with Crippen LogP contribution in [0.1, 0.15) is 24.8 Å². The van der Waals surface area contributed by atoms with Crippen molar-refractivity contribution >= 4 is 23.2 Å². The Morgan fingerprint density at radius 3 is 2.41 bits per heavy atom. The molecule has 5 heterocycles. The molecule has 3 fully saturated rings. The summed E-state index contributed by atoms with van der Waals surface area (Å²) in [5.41, 5.74) is 0.676. The molecule has 240 valence electrons. The molecule has 2 aromatic rings. The van der Waals surface area contributed by atoms with Crippen LogP contribution in [0, 0.1) is 11.3 Å². The number of halogens is 3. The van der Waals surface area contributed by atoms with Crippen molar-refractivity contribution in [3.05, 3.63) is 30.1 Å². The standard InChI is InChI=1S/C30H42F3N9O2/c1-35-29(43)41-9-6-25(37-20-4-7-40(8-5-20)21-17-44-18-21)23(16-41)28(34)42-11-10-38(2)26-12-22(19-14-36-39(3)15-19)24(13-27(26)42)30(31,32)33/h12-15,20-21,23,25,34,37H,4-11,16-18H2,1-3H3,(H,35,43). The quantitative estimate of drug-likeness (QED) is 0.350. The van der Waals surface area contributed by atoms with Crippen molar-refractivity contribution < 1.29 is 22.7 Å². The largest absolute Gasteiger partial charge is 0.417 e. The Balaban J connectivity index is 1.29. The van der Waals surface area contributed by atoms with E-state index in [4.69, 9.17) is 4.74 Å². The summed E-state index contributed by atoms with van der Waals surface area (Å²) < 4.78 is 50.4. The van der Waals surface area contributed by atoms with Crippen LogP contribution in [0.5, 0.6) is 0 Å². The Morgan fingerprint density at radius 2 is 1.80 bits per heavy atom. The molecule has 0 saturated carbocycles. The molecule has 6 rings (SSSR count). The van der Waals surface area contributed by atoms with Crippen LogP contribution in [-0.2, 0) is 18.0 Å². The van der Waals surface area contributed by atoms with Crippen molar-refractivity contribution in [3.8, 4) is 11.1 Å². The SMILES string of the molecule is CNC(=O)N1CCC(NC2CCN(C3COC3)CC2)C(C(=N)N2CCN(C)c3cc(-c4cnn(C)c4)c(C(F)(F)F)cc32)C1. The molecule has 3 saturated heterocycles. The van der Waals surface area contributed by atoms with Gasteiger partial charge in [0.15, 0.2) is 0 Å². The molecule has 2 atom stereocenters. The number of nitrogens with one attached hydrogen (secondary N) is 3. The molecule has 1 aromatic heterocycles. The molecule has 2 amide bonds. The summed E-state index contributed by atoms with van der Waals surface area (Å²) >= 11 is 0. The van der Waals surface area contributed by atoms with Gasteiger partial charge in [-0.2, -0.15) is 18.3 Å². The number of fused-ring (bicyclic) bond motifs is 1. The Labute approximate surface area is 255 Å². The van der Waals surface area contributed by atoms with E-state index in [1.54, 1.807) is 36.2 Å². The van der Waals surface area contributed by atoms with Crippen LogP contribution in [0.4, 0.5) is 29.3 Å². The molecule has 0 bridgehead atoms. The monoisotopic (exact) mass is 617 g/mol. The third-order valence-corrected chi connectivity index (χ3v) is 9.67. The number of piperidine rings is 2. The maximum absolute atomic E-state index is 14.5. The van der Waals surface area contributed by atoms with Gasteiger partial charge in [0.25, 0.3) is 0 Å². The highest BCUT2D eigenvalue weighted by Crippen LogP contribution is 2.45. The first-order valence-electron chi connectivity index (χ1n) is 15.4. The molecule has 0 aliphatic carbocycles. The van der Waals surface area contributed by atoms with Crippen LogP contribution < -0.4 is 20.4 Å². The van der Waals surface area contributed by atoms with Crippen LogP contribution in [0.2, 0.25) is 0 Å². The lowest BCUT2D eigenvalue weighted by Gasteiger charge is -2.46. The number of amidine groups is 1. The molecule has 0 spiro atoms. The number of carbonyl (C=O) groups excluding carboxylic acids is 1. The van der Waals surface area contributed by atoms with Crippen LogP contribution >= 0.6 is 0 Å². The predicted octanol–water partition coefficient (Wildman–Crippen LogP) is 2.82. The zero-order valence-electron chi connectivity index (χ0n) is 25.5. The molecule has 0 radical (unpaired) electrons. The number of hydrogen-bond donors (Lipinski definition) is 3. The minimum Gasteiger partial charge on any atom is -0.378 e. The zero-order valence-corrected chi connectivity index (χ0v) is 25.5. The number of anilines is 2. The van der Waals surface area contributed by atoms with Gasteiger partial charge in [0.1, 0.15) is 5.84 Å². The smallest absolute Gasteiger partial charge is 0.378 e. The van der Waals surface area contributed by atoms with Crippen molar-refractivity contribution in [2.75, 3.05) is 76.4 Å². The lowest BCUT2D eigenvalue weighted by molar-refractivity contribution is -0.137. The number of aryl methyl sites for hydroxylation is 1. The summed E-state index contributed by atoms with van der Waals surface area (Å²) in [6.07, 6.45) is 1.04. The summed E-state index contributed by atoms with van der Waals surface area (Å²) in [4.78, 5) is 20.5. The molecule has 14 heteroatoms. The van der Waals surface area contributed by atoms with Gasteiger partial charge in [0.05, 0.1) is 42.4 Å². The van der Waals surface area contributed by atoms with Crippen LogP contribution in [0.15, 0.2) is 24.5 Å². The molecule has 1 aromatic carbocycles. The van der Waals surface area contributed by atoms with E-state index in [0.717, 1.165) is 39.1 Å². The van der Waals surface area contributed by atoms with E-state index in [1.807, 2.05) is 11.9 Å².